The number of carbonyl (C=O) groups excluding carboxylic acids is 1. The van der Waals surface area contributed by atoms with Gasteiger partial charge in [-0.3, -0.25) is 4.79 Å². The third-order valence-corrected chi connectivity index (χ3v) is 3.41. The molecule has 5 heteroatoms. The summed E-state index contributed by atoms with van der Waals surface area (Å²) in [7, 11) is 0. The molecule has 0 heterocycles. The Labute approximate surface area is 126 Å². The second-order valence-electron chi connectivity index (χ2n) is 4.94. The van der Waals surface area contributed by atoms with E-state index in [0.29, 0.717) is 25.9 Å². The maximum atomic E-state index is 12.1. The van der Waals surface area contributed by atoms with E-state index in [1.165, 1.54) is 0 Å². The average molecular weight is 292 g/mol. The molecule has 0 fully saturated rings. The van der Waals surface area contributed by atoms with Crippen molar-refractivity contribution in [3.63, 3.8) is 0 Å². The molecule has 1 unspecified atom stereocenters. The standard InChI is InChI=1S/C16H24N2O3/c1-3-18(4-2)16(21)17-14(10-11-15(19)20)12-13-8-6-5-7-9-13/h5-9,14H,3-4,10-12H2,1-2H3,(H,17,21)(H,19,20). The van der Waals surface area contributed by atoms with Crippen LogP contribution in [0.25, 0.3) is 0 Å². The van der Waals surface area contributed by atoms with Crippen molar-refractivity contribution in [1.29, 1.82) is 0 Å². The summed E-state index contributed by atoms with van der Waals surface area (Å²) in [5, 5.41) is 11.8. The lowest BCUT2D eigenvalue weighted by Crippen LogP contribution is -2.45. The van der Waals surface area contributed by atoms with Crippen LogP contribution in [-0.4, -0.2) is 41.1 Å². The molecule has 21 heavy (non-hydrogen) atoms. The van der Waals surface area contributed by atoms with Crippen LogP contribution in [-0.2, 0) is 11.2 Å². The van der Waals surface area contributed by atoms with Gasteiger partial charge in [0, 0.05) is 25.6 Å². The largest absolute Gasteiger partial charge is 0.481 e. The van der Waals surface area contributed by atoms with Gasteiger partial charge in [0.1, 0.15) is 0 Å². The zero-order chi connectivity index (χ0) is 15.7. The van der Waals surface area contributed by atoms with Gasteiger partial charge in [0.05, 0.1) is 0 Å². The first-order valence-electron chi connectivity index (χ1n) is 7.38. The first-order valence-corrected chi connectivity index (χ1v) is 7.38. The number of carbonyl (C=O) groups is 2. The van der Waals surface area contributed by atoms with Gasteiger partial charge in [-0.2, -0.15) is 0 Å². The highest BCUT2D eigenvalue weighted by molar-refractivity contribution is 5.74. The fraction of sp³-hybridized carbons (Fsp3) is 0.500. The van der Waals surface area contributed by atoms with Crippen LogP contribution in [0.5, 0.6) is 0 Å². The fourth-order valence-corrected chi connectivity index (χ4v) is 2.20. The quantitative estimate of drug-likeness (QED) is 0.773. The number of aliphatic carboxylic acids is 1. The highest BCUT2D eigenvalue weighted by Gasteiger charge is 2.17. The van der Waals surface area contributed by atoms with Gasteiger partial charge in [-0.25, -0.2) is 4.79 Å². The highest BCUT2D eigenvalue weighted by atomic mass is 16.4. The number of hydrogen-bond donors (Lipinski definition) is 2. The molecule has 1 aromatic rings. The van der Waals surface area contributed by atoms with E-state index >= 15 is 0 Å². The van der Waals surface area contributed by atoms with E-state index in [2.05, 4.69) is 5.32 Å². The summed E-state index contributed by atoms with van der Waals surface area (Å²) in [6, 6.07) is 9.48. The molecule has 0 aliphatic rings. The van der Waals surface area contributed by atoms with E-state index in [4.69, 9.17) is 5.11 Å². The number of rotatable bonds is 8. The molecule has 0 spiro atoms. The van der Waals surface area contributed by atoms with Crippen molar-refractivity contribution in [2.24, 2.45) is 0 Å². The molecular formula is C16H24N2O3. The molecule has 2 N–H and O–H groups in total. The van der Waals surface area contributed by atoms with E-state index in [1.54, 1.807) is 4.90 Å². The summed E-state index contributed by atoms with van der Waals surface area (Å²) < 4.78 is 0. The molecule has 0 saturated carbocycles. The Hall–Kier alpha value is -2.04. The van der Waals surface area contributed by atoms with Crippen LogP contribution in [0.1, 0.15) is 32.3 Å². The number of benzene rings is 1. The van der Waals surface area contributed by atoms with Crippen molar-refractivity contribution in [1.82, 2.24) is 10.2 Å². The topological polar surface area (TPSA) is 69.6 Å². The minimum Gasteiger partial charge on any atom is -0.481 e. The van der Waals surface area contributed by atoms with Crippen molar-refractivity contribution in [2.75, 3.05) is 13.1 Å². The molecule has 116 valence electrons. The number of carboxylic acid groups (broad SMARTS) is 1. The lowest BCUT2D eigenvalue weighted by atomic mass is 10.0. The molecule has 0 bridgehead atoms. The van der Waals surface area contributed by atoms with E-state index in [1.807, 2.05) is 44.2 Å². The van der Waals surface area contributed by atoms with Crippen LogP contribution < -0.4 is 5.32 Å². The van der Waals surface area contributed by atoms with Crippen molar-refractivity contribution >= 4 is 12.0 Å². The van der Waals surface area contributed by atoms with Crippen molar-refractivity contribution in [3.05, 3.63) is 35.9 Å². The SMILES string of the molecule is CCN(CC)C(=O)NC(CCC(=O)O)Cc1ccccc1. The summed E-state index contributed by atoms with van der Waals surface area (Å²) in [6.07, 6.45) is 1.12. The van der Waals surface area contributed by atoms with Crippen LogP contribution in [0.2, 0.25) is 0 Å². The molecule has 0 aromatic heterocycles. The normalized spacial score (nSPS) is 11.7. The number of urea groups is 1. The van der Waals surface area contributed by atoms with Crippen LogP contribution in [0.4, 0.5) is 4.79 Å². The molecule has 1 atom stereocenters. The van der Waals surface area contributed by atoms with Crippen molar-refractivity contribution in [3.8, 4) is 0 Å². The Bertz CT molecular complexity index is 444. The third kappa shape index (κ3) is 6.29. The molecule has 2 amide bonds. The fourth-order valence-electron chi connectivity index (χ4n) is 2.20. The Morgan fingerprint density at radius 1 is 1.19 bits per heavy atom. The lowest BCUT2D eigenvalue weighted by Gasteiger charge is -2.24. The van der Waals surface area contributed by atoms with E-state index in [0.717, 1.165) is 5.56 Å². The highest BCUT2D eigenvalue weighted by Crippen LogP contribution is 2.08. The lowest BCUT2D eigenvalue weighted by molar-refractivity contribution is -0.137. The first-order chi connectivity index (χ1) is 10.1. The minimum absolute atomic E-state index is 0.0516. The van der Waals surface area contributed by atoms with Crippen LogP contribution in [0.3, 0.4) is 0 Å². The monoisotopic (exact) mass is 292 g/mol. The van der Waals surface area contributed by atoms with Gasteiger partial charge in [0.15, 0.2) is 0 Å². The maximum Gasteiger partial charge on any atom is 0.317 e. The number of amides is 2. The number of nitrogens with one attached hydrogen (secondary N) is 1. The molecule has 0 aliphatic carbocycles. The summed E-state index contributed by atoms with van der Waals surface area (Å²) in [4.78, 5) is 24.6. The predicted molar refractivity (Wildman–Crippen MR) is 82.3 cm³/mol. The predicted octanol–water partition coefficient (Wildman–Crippen LogP) is 2.51. The van der Waals surface area contributed by atoms with Gasteiger partial charge in [-0.15, -0.1) is 0 Å². The smallest absolute Gasteiger partial charge is 0.317 e. The zero-order valence-electron chi connectivity index (χ0n) is 12.7. The van der Waals surface area contributed by atoms with Gasteiger partial charge in [0.25, 0.3) is 0 Å². The number of nitrogens with zero attached hydrogens (tertiary/aromatic N) is 1. The van der Waals surface area contributed by atoms with E-state index < -0.39 is 5.97 Å². The molecule has 1 aromatic carbocycles. The zero-order valence-corrected chi connectivity index (χ0v) is 12.7. The Morgan fingerprint density at radius 3 is 2.33 bits per heavy atom. The molecular weight excluding hydrogens is 268 g/mol. The van der Waals surface area contributed by atoms with E-state index in [9.17, 15) is 9.59 Å². The number of carboxylic acids is 1. The van der Waals surface area contributed by atoms with Crippen LogP contribution in [0.15, 0.2) is 30.3 Å². The molecule has 0 aliphatic heterocycles. The minimum atomic E-state index is -0.842. The maximum absolute atomic E-state index is 12.1. The average Bonchev–Trinajstić information content (AvgIpc) is 2.47. The van der Waals surface area contributed by atoms with Crippen molar-refractivity contribution in [2.45, 2.75) is 39.2 Å². The summed E-state index contributed by atoms with van der Waals surface area (Å²) in [6.45, 7) is 5.12. The first kappa shape index (κ1) is 17.0. The Balaban J connectivity index is 2.67. The molecule has 0 radical (unpaired) electrons. The molecule has 0 saturated heterocycles. The molecule has 5 nitrogen and oxygen atoms in total. The second kappa shape index (κ2) is 9.00. The van der Waals surface area contributed by atoms with Gasteiger partial charge >= 0.3 is 12.0 Å². The molecule has 1 rings (SSSR count). The summed E-state index contributed by atoms with van der Waals surface area (Å²) in [5.41, 5.74) is 1.09. The Kier molecular flexibility index (Phi) is 7.29. The van der Waals surface area contributed by atoms with Crippen LogP contribution in [0, 0.1) is 0 Å². The third-order valence-electron chi connectivity index (χ3n) is 3.41. The van der Waals surface area contributed by atoms with Gasteiger partial charge in [-0.1, -0.05) is 30.3 Å². The van der Waals surface area contributed by atoms with Gasteiger partial charge < -0.3 is 15.3 Å². The van der Waals surface area contributed by atoms with E-state index in [-0.39, 0.29) is 18.5 Å². The summed E-state index contributed by atoms with van der Waals surface area (Å²) in [5.74, 6) is -0.842. The van der Waals surface area contributed by atoms with Crippen molar-refractivity contribution < 1.29 is 14.7 Å². The second-order valence-corrected chi connectivity index (χ2v) is 4.94. The van der Waals surface area contributed by atoms with Gasteiger partial charge in [0.2, 0.25) is 0 Å². The van der Waals surface area contributed by atoms with Crippen LogP contribution >= 0.6 is 0 Å². The Morgan fingerprint density at radius 2 is 1.81 bits per heavy atom. The van der Waals surface area contributed by atoms with Gasteiger partial charge in [-0.05, 0) is 32.3 Å². The number of hydrogen-bond acceptors (Lipinski definition) is 2. The summed E-state index contributed by atoms with van der Waals surface area (Å²) >= 11 is 0.